The highest BCUT2D eigenvalue weighted by molar-refractivity contribution is 5.14. The summed E-state index contributed by atoms with van der Waals surface area (Å²) in [5.74, 6) is 0. The Bertz CT molecular complexity index is 355. The molecule has 0 saturated carbocycles. The molecule has 0 aromatic heterocycles. The molecule has 1 atom stereocenters. The maximum Gasteiger partial charge on any atom is 0.0546 e. The van der Waals surface area contributed by atoms with E-state index in [9.17, 15) is 0 Å². The van der Waals surface area contributed by atoms with Gasteiger partial charge in [0.1, 0.15) is 0 Å². The van der Waals surface area contributed by atoms with Gasteiger partial charge in [0.25, 0.3) is 0 Å². The minimum atomic E-state index is 0.274. The van der Waals surface area contributed by atoms with Crippen LogP contribution in [0.25, 0.3) is 0 Å². The summed E-state index contributed by atoms with van der Waals surface area (Å²) in [7, 11) is 4.24. The summed E-state index contributed by atoms with van der Waals surface area (Å²) in [4.78, 5) is 2.42. The van der Waals surface area contributed by atoms with Gasteiger partial charge >= 0.3 is 0 Å². The van der Waals surface area contributed by atoms with Crippen LogP contribution in [-0.2, 0) is 11.3 Å². The largest absolute Gasteiger partial charge is 0.381 e. The zero-order chi connectivity index (χ0) is 13.6. The number of hydrogen-bond donors (Lipinski definition) is 1. The molecule has 2 rings (SSSR count). The second-order valence-electron chi connectivity index (χ2n) is 5.84. The Hall–Kier alpha value is -0.900. The first-order valence-electron chi connectivity index (χ1n) is 7.19. The lowest BCUT2D eigenvalue weighted by atomic mass is 9.82. The van der Waals surface area contributed by atoms with Gasteiger partial charge in [-0.1, -0.05) is 30.3 Å². The van der Waals surface area contributed by atoms with E-state index in [4.69, 9.17) is 4.74 Å². The van der Waals surface area contributed by atoms with Gasteiger partial charge in [0, 0.05) is 31.7 Å². The third kappa shape index (κ3) is 4.30. The van der Waals surface area contributed by atoms with Crippen LogP contribution < -0.4 is 5.32 Å². The fourth-order valence-corrected chi connectivity index (χ4v) is 3.13. The molecule has 1 saturated heterocycles. The first-order chi connectivity index (χ1) is 9.24. The number of benzene rings is 1. The van der Waals surface area contributed by atoms with E-state index in [1.165, 1.54) is 18.4 Å². The van der Waals surface area contributed by atoms with Crippen LogP contribution in [0, 0.1) is 5.41 Å². The van der Waals surface area contributed by atoms with E-state index < -0.39 is 0 Å². The number of nitrogens with zero attached hydrogens (tertiary/aromatic N) is 1. The van der Waals surface area contributed by atoms with Crippen molar-refractivity contribution in [3.63, 3.8) is 0 Å². The summed E-state index contributed by atoms with van der Waals surface area (Å²) < 4.78 is 5.72. The van der Waals surface area contributed by atoms with E-state index in [0.717, 1.165) is 32.8 Å². The molecule has 1 aromatic rings. The molecular formula is C16H26N2O. The van der Waals surface area contributed by atoms with Crippen molar-refractivity contribution in [1.82, 2.24) is 10.2 Å². The van der Waals surface area contributed by atoms with Crippen LogP contribution in [0.3, 0.4) is 0 Å². The minimum absolute atomic E-state index is 0.274. The minimum Gasteiger partial charge on any atom is -0.381 e. The molecule has 3 heteroatoms. The number of nitrogens with one attached hydrogen (secondary N) is 1. The van der Waals surface area contributed by atoms with Crippen molar-refractivity contribution in [2.24, 2.45) is 5.41 Å². The lowest BCUT2D eigenvalue weighted by molar-refractivity contribution is -0.0228. The van der Waals surface area contributed by atoms with Crippen LogP contribution in [0.1, 0.15) is 18.4 Å². The normalized spacial score (nSPS) is 23.7. The van der Waals surface area contributed by atoms with Crippen molar-refractivity contribution in [2.75, 3.05) is 40.4 Å². The Kier molecular flexibility index (Phi) is 5.37. The fourth-order valence-electron chi connectivity index (χ4n) is 3.13. The van der Waals surface area contributed by atoms with Crippen LogP contribution in [0.2, 0.25) is 0 Å². The predicted molar refractivity (Wildman–Crippen MR) is 79.2 cm³/mol. The summed E-state index contributed by atoms with van der Waals surface area (Å²) in [5, 5.41) is 3.34. The molecule has 106 valence electrons. The van der Waals surface area contributed by atoms with Gasteiger partial charge in [-0.2, -0.15) is 0 Å². The highest BCUT2D eigenvalue weighted by Gasteiger charge is 2.33. The van der Waals surface area contributed by atoms with Crippen LogP contribution >= 0.6 is 0 Å². The van der Waals surface area contributed by atoms with Gasteiger partial charge in [-0.15, -0.1) is 0 Å². The fraction of sp³-hybridized carbons (Fsp3) is 0.625. The summed E-state index contributed by atoms with van der Waals surface area (Å²) in [6.07, 6.45) is 2.44. The van der Waals surface area contributed by atoms with Crippen molar-refractivity contribution >= 4 is 0 Å². The molecule has 19 heavy (non-hydrogen) atoms. The zero-order valence-corrected chi connectivity index (χ0v) is 12.2. The summed E-state index contributed by atoms with van der Waals surface area (Å²) in [6, 6.07) is 10.7. The lowest BCUT2D eigenvalue weighted by Gasteiger charge is -2.39. The van der Waals surface area contributed by atoms with Crippen molar-refractivity contribution in [3.05, 3.63) is 35.9 Å². The van der Waals surface area contributed by atoms with E-state index in [1.807, 2.05) is 7.05 Å². The second kappa shape index (κ2) is 7.04. The van der Waals surface area contributed by atoms with E-state index in [-0.39, 0.29) is 5.41 Å². The summed E-state index contributed by atoms with van der Waals surface area (Å²) in [5.41, 5.74) is 1.65. The van der Waals surface area contributed by atoms with Crippen molar-refractivity contribution < 1.29 is 4.74 Å². The molecule has 1 fully saturated rings. The first-order valence-corrected chi connectivity index (χ1v) is 7.19. The standard InChI is InChI=1S/C16H26N2O/c1-17-12-16(9-6-10-19-14-16)13-18(2)11-15-7-4-3-5-8-15/h3-5,7-8,17H,6,9-14H2,1-2H3. The molecule has 0 aliphatic carbocycles. The predicted octanol–water partition coefficient (Wildman–Crippen LogP) is 2.13. The van der Waals surface area contributed by atoms with E-state index in [1.54, 1.807) is 0 Å². The average molecular weight is 262 g/mol. The van der Waals surface area contributed by atoms with Crippen molar-refractivity contribution in [1.29, 1.82) is 0 Å². The van der Waals surface area contributed by atoms with E-state index in [0.29, 0.717) is 0 Å². The van der Waals surface area contributed by atoms with Crippen LogP contribution in [-0.4, -0.2) is 45.3 Å². The van der Waals surface area contributed by atoms with Gasteiger partial charge in [0.2, 0.25) is 0 Å². The molecule has 1 N–H and O–H groups in total. The highest BCUT2D eigenvalue weighted by Crippen LogP contribution is 2.29. The Morgan fingerprint density at radius 2 is 2.11 bits per heavy atom. The van der Waals surface area contributed by atoms with Gasteiger partial charge in [-0.05, 0) is 32.5 Å². The van der Waals surface area contributed by atoms with Gasteiger partial charge in [0.15, 0.2) is 0 Å². The quantitative estimate of drug-likeness (QED) is 0.850. The van der Waals surface area contributed by atoms with Gasteiger partial charge < -0.3 is 15.0 Å². The molecule has 0 amide bonds. The Morgan fingerprint density at radius 1 is 1.32 bits per heavy atom. The molecule has 0 radical (unpaired) electrons. The van der Waals surface area contributed by atoms with Crippen LogP contribution in [0.5, 0.6) is 0 Å². The highest BCUT2D eigenvalue weighted by atomic mass is 16.5. The molecule has 1 aromatic carbocycles. The molecular weight excluding hydrogens is 236 g/mol. The Labute approximate surface area is 116 Å². The van der Waals surface area contributed by atoms with Gasteiger partial charge in [0.05, 0.1) is 6.61 Å². The van der Waals surface area contributed by atoms with E-state index >= 15 is 0 Å². The summed E-state index contributed by atoms with van der Waals surface area (Å²) >= 11 is 0. The van der Waals surface area contributed by atoms with Crippen LogP contribution in [0.4, 0.5) is 0 Å². The third-order valence-electron chi connectivity index (χ3n) is 3.86. The molecule has 1 aliphatic rings. The molecule has 0 spiro atoms. The smallest absolute Gasteiger partial charge is 0.0546 e. The maximum atomic E-state index is 5.72. The van der Waals surface area contributed by atoms with Gasteiger partial charge in [-0.25, -0.2) is 0 Å². The van der Waals surface area contributed by atoms with Crippen LogP contribution in [0.15, 0.2) is 30.3 Å². The number of rotatable bonds is 6. The molecule has 0 bridgehead atoms. The lowest BCUT2D eigenvalue weighted by Crippen LogP contribution is -2.47. The van der Waals surface area contributed by atoms with Crippen molar-refractivity contribution in [2.45, 2.75) is 19.4 Å². The monoisotopic (exact) mass is 262 g/mol. The third-order valence-corrected chi connectivity index (χ3v) is 3.86. The molecule has 1 aliphatic heterocycles. The number of ether oxygens (including phenoxy) is 1. The molecule has 1 heterocycles. The van der Waals surface area contributed by atoms with Crippen molar-refractivity contribution in [3.8, 4) is 0 Å². The SMILES string of the molecule is CNCC1(CN(C)Cc2ccccc2)CCCOC1. The molecule has 1 unspecified atom stereocenters. The average Bonchev–Trinajstić information content (AvgIpc) is 2.40. The maximum absolute atomic E-state index is 5.72. The first kappa shape index (κ1) is 14.5. The topological polar surface area (TPSA) is 24.5 Å². The second-order valence-corrected chi connectivity index (χ2v) is 5.84. The number of hydrogen-bond acceptors (Lipinski definition) is 3. The molecule has 3 nitrogen and oxygen atoms in total. The Balaban J connectivity index is 1.93. The zero-order valence-electron chi connectivity index (χ0n) is 12.2. The van der Waals surface area contributed by atoms with E-state index in [2.05, 4.69) is 47.6 Å². The summed E-state index contributed by atoms with van der Waals surface area (Å²) in [6.45, 7) is 4.93. The van der Waals surface area contributed by atoms with Gasteiger partial charge in [-0.3, -0.25) is 0 Å². The Morgan fingerprint density at radius 3 is 2.74 bits per heavy atom.